The fourth-order valence-electron chi connectivity index (χ4n) is 3.85. The summed E-state index contributed by atoms with van der Waals surface area (Å²) in [5.74, 6) is 0.185. The fraction of sp³-hybridized carbons (Fsp3) is 0.524. The van der Waals surface area contributed by atoms with Gasteiger partial charge in [0.15, 0.2) is 0 Å². The van der Waals surface area contributed by atoms with Gasteiger partial charge in [-0.1, -0.05) is 20.3 Å². The van der Waals surface area contributed by atoms with Crippen LogP contribution in [0.5, 0.6) is 0 Å². The first-order valence-electron chi connectivity index (χ1n) is 11.2. The quantitative estimate of drug-likeness (QED) is 0.370. The summed E-state index contributed by atoms with van der Waals surface area (Å²) >= 11 is 0. The first kappa shape index (κ1) is 24.8. The van der Waals surface area contributed by atoms with Crippen molar-refractivity contribution in [1.29, 1.82) is 0 Å². The minimum Gasteiger partial charge on any atom is -0.363 e. The van der Waals surface area contributed by atoms with E-state index < -0.39 is 14.9 Å². The number of piperidine rings is 1. The third-order valence-electron chi connectivity index (χ3n) is 5.63. The number of hydrogen-bond acceptors (Lipinski definition) is 9. The average Bonchev–Trinajstić information content (AvgIpc) is 2.81. The Labute approximate surface area is 194 Å². The van der Waals surface area contributed by atoms with Crippen molar-refractivity contribution in [2.24, 2.45) is 0 Å². The number of sulfonamides is 1. The van der Waals surface area contributed by atoms with Gasteiger partial charge in [-0.15, -0.1) is 0 Å². The predicted octanol–water partition coefficient (Wildman–Crippen LogP) is 3.06. The van der Waals surface area contributed by atoms with Crippen molar-refractivity contribution in [3.63, 3.8) is 0 Å². The zero-order chi connectivity index (χ0) is 23.8. The molecule has 0 aliphatic carbocycles. The van der Waals surface area contributed by atoms with Gasteiger partial charge in [-0.2, -0.15) is 4.31 Å². The van der Waals surface area contributed by atoms with Crippen molar-refractivity contribution in [2.75, 3.05) is 49.9 Å². The maximum Gasteiger partial charge on any atom is 0.353 e. The molecule has 2 N–H and O–H groups in total. The van der Waals surface area contributed by atoms with E-state index in [-0.39, 0.29) is 22.2 Å². The summed E-state index contributed by atoms with van der Waals surface area (Å²) in [6.07, 6.45) is 4.87. The third-order valence-corrected chi connectivity index (χ3v) is 7.70. The van der Waals surface area contributed by atoms with Crippen LogP contribution in [-0.4, -0.2) is 71.8 Å². The van der Waals surface area contributed by atoms with Crippen molar-refractivity contribution < 1.29 is 13.3 Å². The molecule has 1 fully saturated rings. The van der Waals surface area contributed by atoms with E-state index in [0.717, 1.165) is 19.6 Å². The Morgan fingerprint density at radius 1 is 1.06 bits per heavy atom. The minimum atomic E-state index is -3.58. The number of nitro groups is 1. The molecule has 0 saturated carbocycles. The van der Waals surface area contributed by atoms with Gasteiger partial charge in [-0.3, -0.25) is 10.1 Å². The minimum absolute atomic E-state index is 0.0369. The lowest BCUT2D eigenvalue weighted by molar-refractivity contribution is -0.383. The van der Waals surface area contributed by atoms with Crippen LogP contribution in [0.3, 0.4) is 0 Å². The molecule has 0 bridgehead atoms. The molecule has 0 atom stereocenters. The highest BCUT2D eigenvalue weighted by Crippen LogP contribution is 2.31. The monoisotopic (exact) mass is 477 g/mol. The van der Waals surface area contributed by atoms with Gasteiger partial charge in [0.05, 0.1) is 9.82 Å². The normalized spacial score (nSPS) is 14.9. The maximum absolute atomic E-state index is 12.7. The highest BCUT2D eigenvalue weighted by molar-refractivity contribution is 7.89. The van der Waals surface area contributed by atoms with E-state index in [1.165, 1.54) is 42.0 Å². The van der Waals surface area contributed by atoms with Crippen LogP contribution in [0.1, 0.15) is 33.1 Å². The summed E-state index contributed by atoms with van der Waals surface area (Å²) in [6, 6.07) is 6.07. The SMILES string of the molecule is CCN(CC)S(=O)(=O)c1ccc(Nc2ncnc(NCCN3CCCCC3)c2[N+](=O)[O-])cc1. The molecule has 180 valence electrons. The molecule has 0 unspecified atom stereocenters. The van der Waals surface area contributed by atoms with Gasteiger partial charge in [0.1, 0.15) is 6.33 Å². The zero-order valence-corrected chi connectivity index (χ0v) is 19.8. The molecule has 3 rings (SSSR count). The Morgan fingerprint density at radius 3 is 2.30 bits per heavy atom. The van der Waals surface area contributed by atoms with E-state index in [2.05, 4.69) is 25.5 Å². The highest BCUT2D eigenvalue weighted by atomic mass is 32.2. The molecule has 33 heavy (non-hydrogen) atoms. The molecule has 1 aliphatic rings. The molecule has 1 saturated heterocycles. The predicted molar refractivity (Wildman–Crippen MR) is 127 cm³/mol. The van der Waals surface area contributed by atoms with Crippen molar-refractivity contribution in [3.8, 4) is 0 Å². The van der Waals surface area contributed by atoms with Crippen molar-refractivity contribution in [3.05, 3.63) is 40.7 Å². The van der Waals surface area contributed by atoms with Crippen molar-refractivity contribution in [2.45, 2.75) is 38.0 Å². The molecule has 0 radical (unpaired) electrons. The van der Waals surface area contributed by atoms with E-state index in [1.807, 2.05) is 0 Å². The Hall–Kier alpha value is -2.83. The van der Waals surface area contributed by atoms with Crippen LogP contribution in [-0.2, 0) is 10.0 Å². The van der Waals surface area contributed by atoms with Gasteiger partial charge in [0.2, 0.25) is 21.7 Å². The maximum atomic E-state index is 12.7. The van der Waals surface area contributed by atoms with Gasteiger partial charge in [-0.05, 0) is 50.2 Å². The first-order chi connectivity index (χ1) is 15.9. The molecule has 1 aromatic heterocycles. The average molecular weight is 478 g/mol. The summed E-state index contributed by atoms with van der Waals surface area (Å²) < 4.78 is 26.7. The summed E-state index contributed by atoms with van der Waals surface area (Å²) in [5.41, 5.74) is 0.227. The molecule has 11 nitrogen and oxygen atoms in total. The largest absolute Gasteiger partial charge is 0.363 e. The number of aromatic nitrogens is 2. The van der Waals surface area contributed by atoms with Gasteiger partial charge in [-0.25, -0.2) is 18.4 Å². The van der Waals surface area contributed by atoms with Crippen molar-refractivity contribution >= 4 is 33.0 Å². The number of nitrogens with one attached hydrogen (secondary N) is 2. The molecule has 0 amide bonds. The Kier molecular flexibility index (Phi) is 8.53. The smallest absolute Gasteiger partial charge is 0.353 e. The third kappa shape index (κ3) is 6.15. The summed E-state index contributed by atoms with van der Waals surface area (Å²) in [4.78, 5) is 21.8. The summed E-state index contributed by atoms with van der Waals surface area (Å²) in [5, 5.41) is 17.8. The number of nitrogens with zero attached hydrogens (tertiary/aromatic N) is 5. The Morgan fingerprint density at radius 2 is 1.70 bits per heavy atom. The van der Waals surface area contributed by atoms with Gasteiger partial charge >= 0.3 is 5.69 Å². The second kappa shape index (κ2) is 11.3. The number of hydrogen-bond donors (Lipinski definition) is 2. The van der Waals surface area contributed by atoms with Crippen LogP contribution in [0.4, 0.5) is 23.0 Å². The highest BCUT2D eigenvalue weighted by Gasteiger charge is 2.24. The number of likely N-dealkylation sites (tertiary alicyclic amines) is 1. The molecular weight excluding hydrogens is 446 g/mol. The number of anilines is 3. The molecular formula is C21H31N7O4S. The second-order valence-corrected chi connectivity index (χ2v) is 9.68. The van der Waals surface area contributed by atoms with Crippen LogP contribution in [0.2, 0.25) is 0 Å². The fourth-order valence-corrected chi connectivity index (χ4v) is 5.31. The lowest BCUT2D eigenvalue weighted by Crippen LogP contribution is -2.33. The van der Waals surface area contributed by atoms with E-state index >= 15 is 0 Å². The van der Waals surface area contributed by atoms with Crippen LogP contribution in [0.15, 0.2) is 35.5 Å². The lowest BCUT2D eigenvalue weighted by Gasteiger charge is -2.26. The number of rotatable bonds is 11. The van der Waals surface area contributed by atoms with Crippen LogP contribution >= 0.6 is 0 Å². The molecule has 2 aromatic rings. The number of benzene rings is 1. The van der Waals surface area contributed by atoms with Crippen LogP contribution in [0.25, 0.3) is 0 Å². The zero-order valence-electron chi connectivity index (χ0n) is 19.0. The lowest BCUT2D eigenvalue weighted by atomic mass is 10.1. The van der Waals surface area contributed by atoms with Crippen LogP contribution in [0, 0.1) is 10.1 Å². The molecule has 1 aliphatic heterocycles. The van der Waals surface area contributed by atoms with E-state index in [0.29, 0.717) is 25.3 Å². The molecule has 1 aromatic carbocycles. The van der Waals surface area contributed by atoms with Crippen molar-refractivity contribution in [1.82, 2.24) is 19.2 Å². The topological polar surface area (TPSA) is 134 Å². The standard InChI is InChI=1S/C21H31N7O4S/c1-3-27(4-2)33(31,32)18-10-8-17(9-11-18)25-21-19(28(29)30)20(23-16-24-21)22-12-15-26-13-6-5-7-14-26/h8-11,16H,3-7,12-15H2,1-2H3,(H2,22,23,24,25). The molecule has 2 heterocycles. The van der Waals surface area contributed by atoms with E-state index in [9.17, 15) is 18.5 Å². The van der Waals surface area contributed by atoms with Gasteiger partial charge in [0, 0.05) is 31.9 Å². The summed E-state index contributed by atoms with van der Waals surface area (Å²) in [6.45, 7) is 7.72. The van der Waals surface area contributed by atoms with E-state index in [4.69, 9.17) is 0 Å². The Bertz CT molecular complexity index is 1040. The summed E-state index contributed by atoms with van der Waals surface area (Å²) in [7, 11) is -3.58. The second-order valence-electron chi connectivity index (χ2n) is 7.74. The molecule has 12 heteroatoms. The van der Waals surface area contributed by atoms with Crippen LogP contribution < -0.4 is 10.6 Å². The van der Waals surface area contributed by atoms with Gasteiger partial charge < -0.3 is 15.5 Å². The Balaban J connectivity index is 1.73. The first-order valence-corrected chi connectivity index (χ1v) is 12.6. The van der Waals surface area contributed by atoms with E-state index in [1.54, 1.807) is 26.0 Å². The van der Waals surface area contributed by atoms with Gasteiger partial charge in [0.25, 0.3) is 0 Å². The molecule has 0 spiro atoms.